The fourth-order valence-electron chi connectivity index (χ4n) is 0.800. The third-order valence-corrected chi connectivity index (χ3v) is 1.56. The van der Waals surface area contributed by atoms with Crippen LogP contribution in [0.2, 0.25) is 0 Å². The molecule has 0 heterocycles. The minimum Gasteiger partial charge on any atom is -0.359 e. The van der Waals surface area contributed by atoms with Crippen LogP contribution < -0.4 is 16.8 Å². The van der Waals surface area contributed by atoms with Crippen molar-refractivity contribution in [1.82, 2.24) is 5.32 Å². The molecule has 4 nitrogen and oxygen atoms in total. The smallest absolute Gasteiger partial charge is 0.219 e. The minimum atomic E-state index is 0.0393. The molecule has 0 aliphatic carbocycles. The number of hydrogen-bond acceptors (Lipinski definition) is 3. The zero-order valence-corrected chi connectivity index (χ0v) is 6.97. The van der Waals surface area contributed by atoms with E-state index >= 15 is 0 Å². The van der Waals surface area contributed by atoms with Gasteiger partial charge in [-0.25, -0.2) is 0 Å². The number of rotatable bonds is 5. The number of carbonyl (C=O) groups is 1. The molecule has 0 rings (SSSR count). The summed E-state index contributed by atoms with van der Waals surface area (Å²) in [7, 11) is 1.62. The van der Waals surface area contributed by atoms with Gasteiger partial charge in [-0.3, -0.25) is 4.79 Å². The zero-order chi connectivity index (χ0) is 8.69. The van der Waals surface area contributed by atoms with Crippen LogP contribution in [0, 0.1) is 0 Å². The van der Waals surface area contributed by atoms with Crippen molar-refractivity contribution in [2.75, 3.05) is 13.6 Å². The van der Waals surface area contributed by atoms with Gasteiger partial charge in [0, 0.05) is 19.5 Å². The maximum atomic E-state index is 10.7. The van der Waals surface area contributed by atoms with Gasteiger partial charge in [0.1, 0.15) is 0 Å². The highest BCUT2D eigenvalue weighted by molar-refractivity contribution is 5.75. The van der Waals surface area contributed by atoms with Crippen LogP contribution >= 0.6 is 0 Å². The van der Waals surface area contributed by atoms with Crippen LogP contribution in [-0.2, 0) is 4.79 Å². The van der Waals surface area contributed by atoms with Crippen LogP contribution in [-0.4, -0.2) is 25.5 Å². The molecule has 0 fully saturated rings. The number of nitrogens with one attached hydrogen (secondary N) is 1. The molecule has 0 aliphatic heterocycles. The lowest BCUT2D eigenvalue weighted by Gasteiger charge is -2.08. The summed E-state index contributed by atoms with van der Waals surface area (Å²) in [5.74, 6) is 0.0393. The van der Waals surface area contributed by atoms with Gasteiger partial charge in [-0.15, -0.1) is 0 Å². The molecule has 0 spiro atoms. The topological polar surface area (TPSA) is 81.1 Å². The molecule has 11 heavy (non-hydrogen) atoms. The molecule has 5 N–H and O–H groups in total. The van der Waals surface area contributed by atoms with Gasteiger partial charge < -0.3 is 16.8 Å². The van der Waals surface area contributed by atoms with Crippen LogP contribution in [0.15, 0.2) is 0 Å². The van der Waals surface area contributed by atoms with E-state index in [2.05, 4.69) is 5.32 Å². The van der Waals surface area contributed by atoms with Crippen molar-refractivity contribution in [3.63, 3.8) is 0 Å². The molecule has 66 valence electrons. The van der Waals surface area contributed by atoms with Gasteiger partial charge >= 0.3 is 0 Å². The third kappa shape index (κ3) is 5.82. The van der Waals surface area contributed by atoms with E-state index in [0.717, 1.165) is 12.8 Å². The first-order chi connectivity index (χ1) is 5.20. The van der Waals surface area contributed by atoms with Gasteiger partial charge in [0.2, 0.25) is 5.91 Å². The molecule has 0 bridgehead atoms. The third-order valence-electron chi connectivity index (χ3n) is 1.56. The fourth-order valence-corrected chi connectivity index (χ4v) is 0.800. The summed E-state index contributed by atoms with van der Waals surface area (Å²) in [6.07, 6.45) is 2.01. The summed E-state index contributed by atoms with van der Waals surface area (Å²) in [6.45, 7) is 0.592. The highest BCUT2D eigenvalue weighted by Crippen LogP contribution is 1.96. The van der Waals surface area contributed by atoms with Crippen molar-refractivity contribution in [1.29, 1.82) is 0 Å². The molecule has 0 saturated carbocycles. The van der Waals surface area contributed by atoms with Gasteiger partial charge in [0.25, 0.3) is 0 Å². The highest BCUT2D eigenvalue weighted by Gasteiger charge is 2.03. The Kier molecular flexibility index (Phi) is 5.78. The van der Waals surface area contributed by atoms with Crippen molar-refractivity contribution >= 4 is 5.91 Å². The van der Waals surface area contributed by atoms with Crippen LogP contribution in [0.5, 0.6) is 0 Å². The van der Waals surface area contributed by atoms with E-state index in [-0.39, 0.29) is 11.9 Å². The molecule has 1 amide bonds. The van der Waals surface area contributed by atoms with Crippen LogP contribution in [0.4, 0.5) is 0 Å². The fraction of sp³-hybridized carbons (Fsp3) is 0.857. The van der Waals surface area contributed by atoms with E-state index in [0.29, 0.717) is 13.0 Å². The average Bonchev–Trinajstić information content (AvgIpc) is 2.01. The SMILES string of the molecule is CNC(=O)CCC(N)CCN. The van der Waals surface area contributed by atoms with Crippen LogP contribution in [0.1, 0.15) is 19.3 Å². The van der Waals surface area contributed by atoms with Crippen molar-refractivity contribution in [2.45, 2.75) is 25.3 Å². The number of carbonyl (C=O) groups excluding carboxylic acids is 1. The molecule has 0 aromatic rings. The van der Waals surface area contributed by atoms with Gasteiger partial charge in [0.05, 0.1) is 0 Å². The standard InChI is InChI=1S/C7H17N3O/c1-10-7(11)3-2-6(9)4-5-8/h6H,2-5,8-9H2,1H3,(H,10,11). The van der Waals surface area contributed by atoms with Gasteiger partial charge in [0.15, 0.2) is 0 Å². The normalized spacial score (nSPS) is 12.6. The monoisotopic (exact) mass is 159 g/mol. The Morgan fingerprint density at radius 1 is 1.55 bits per heavy atom. The van der Waals surface area contributed by atoms with Crippen LogP contribution in [0.25, 0.3) is 0 Å². The lowest BCUT2D eigenvalue weighted by atomic mass is 10.1. The molecule has 0 aromatic heterocycles. The van der Waals surface area contributed by atoms with Gasteiger partial charge in [-0.05, 0) is 19.4 Å². The average molecular weight is 159 g/mol. The summed E-state index contributed by atoms with van der Waals surface area (Å²) in [6, 6.07) is 0.0669. The van der Waals surface area contributed by atoms with E-state index in [1.54, 1.807) is 7.05 Å². The molecular formula is C7H17N3O. The predicted molar refractivity (Wildman–Crippen MR) is 44.9 cm³/mol. The van der Waals surface area contributed by atoms with Crippen molar-refractivity contribution in [3.05, 3.63) is 0 Å². The van der Waals surface area contributed by atoms with E-state index < -0.39 is 0 Å². The van der Waals surface area contributed by atoms with E-state index in [9.17, 15) is 4.79 Å². The summed E-state index contributed by atoms with van der Waals surface area (Å²) < 4.78 is 0. The van der Waals surface area contributed by atoms with E-state index in [4.69, 9.17) is 11.5 Å². The highest BCUT2D eigenvalue weighted by atomic mass is 16.1. The first-order valence-corrected chi connectivity index (χ1v) is 3.87. The summed E-state index contributed by atoms with van der Waals surface area (Å²) in [5.41, 5.74) is 10.9. The molecule has 0 radical (unpaired) electrons. The second-order valence-electron chi connectivity index (χ2n) is 2.55. The Morgan fingerprint density at radius 3 is 2.64 bits per heavy atom. The molecule has 0 aliphatic rings. The predicted octanol–water partition coefficient (Wildman–Crippen LogP) is -0.811. The van der Waals surface area contributed by atoms with E-state index in [1.807, 2.05) is 0 Å². The quantitative estimate of drug-likeness (QED) is 0.490. The first kappa shape index (κ1) is 10.4. The maximum Gasteiger partial charge on any atom is 0.219 e. The zero-order valence-electron chi connectivity index (χ0n) is 6.97. The first-order valence-electron chi connectivity index (χ1n) is 3.87. The molecule has 0 aromatic carbocycles. The molecule has 0 saturated heterocycles. The van der Waals surface area contributed by atoms with E-state index in [1.165, 1.54) is 0 Å². The van der Waals surface area contributed by atoms with Gasteiger partial charge in [-0.1, -0.05) is 0 Å². The summed E-state index contributed by atoms with van der Waals surface area (Å²) in [4.78, 5) is 10.7. The maximum absolute atomic E-state index is 10.7. The van der Waals surface area contributed by atoms with Crippen molar-refractivity contribution in [2.24, 2.45) is 11.5 Å². The molecule has 1 atom stereocenters. The number of hydrogen-bond donors (Lipinski definition) is 3. The Labute approximate surface area is 67.3 Å². The lowest BCUT2D eigenvalue weighted by Crippen LogP contribution is -2.26. The largest absolute Gasteiger partial charge is 0.359 e. The summed E-state index contributed by atoms with van der Waals surface area (Å²) in [5, 5.41) is 2.54. The van der Waals surface area contributed by atoms with Gasteiger partial charge in [-0.2, -0.15) is 0 Å². The number of amides is 1. The summed E-state index contributed by atoms with van der Waals surface area (Å²) >= 11 is 0. The second-order valence-corrected chi connectivity index (χ2v) is 2.55. The Balaban J connectivity index is 3.29. The van der Waals surface area contributed by atoms with Crippen LogP contribution in [0.3, 0.4) is 0 Å². The second kappa shape index (κ2) is 6.12. The molecular weight excluding hydrogens is 142 g/mol. The Hall–Kier alpha value is -0.610. The van der Waals surface area contributed by atoms with Crippen molar-refractivity contribution < 1.29 is 4.79 Å². The Morgan fingerprint density at radius 2 is 2.18 bits per heavy atom. The number of nitrogens with two attached hydrogens (primary N) is 2. The van der Waals surface area contributed by atoms with Crippen molar-refractivity contribution in [3.8, 4) is 0 Å². The minimum absolute atomic E-state index is 0.0393. The molecule has 1 unspecified atom stereocenters. The Bertz CT molecular complexity index is 116. The lowest BCUT2D eigenvalue weighted by molar-refractivity contribution is -0.120. The molecule has 4 heteroatoms.